The highest BCUT2D eigenvalue weighted by atomic mass is 35.5. The highest BCUT2D eigenvalue weighted by Gasteiger charge is 2.06. The number of nitrogens with two attached hydrogens (primary N) is 2. The number of carboxylic acids is 1. The van der Waals surface area contributed by atoms with Gasteiger partial charge in [-0.15, -0.1) is 5.10 Å². The highest BCUT2D eigenvalue weighted by molar-refractivity contribution is 6.37. The van der Waals surface area contributed by atoms with Crippen molar-refractivity contribution < 1.29 is 14.7 Å². The second kappa shape index (κ2) is 11.5. The minimum absolute atomic E-state index is 0.00500. The molecule has 0 unspecified atom stereocenters. The minimum atomic E-state index is -1.01. The molecule has 0 atom stereocenters. The van der Waals surface area contributed by atoms with Gasteiger partial charge in [-0.1, -0.05) is 53.6 Å². The minimum Gasteiger partial charge on any atom is -0.481 e. The van der Waals surface area contributed by atoms with Crippen LogP contribution >= 0.6 is 11.6 Å². The predicted molar refractivity (Wildman–Crippen MR) is 106 cm³/mol. The van der Waals surface area contributed by atoms with Crippen LogP contribution in [0.2, 0.25) is 5.02 Å². The number of benzene rings is 2. The Morgan fingerprint density at radius 2 is 1.81 bits per heavy atom. The van der Waals surface area contributed by atoms with Crippen LogP contribution in [0.3, 0.4) is 0 Å². The van der Waals surface area contributed by atoms with E-state index in [4.69, 9.17) is 28.3 Å². The van der Waals surface area contributed by atoms with Crippen LogP contribution in [0.5, 0.6) is 0 Å². The molecule has 0 aliphatic heterocycles. The third-order valence-corrected chi connectivity index (χ3v) is 3.49. The van der Waals surface area contributed by atoms with Crippen LogP contribution < -0.4 is 22.4 Å². The normalized spacial score (nSPS) is 10.4. The quantitative estimate of drug-likeness (QED) is 0.227. The number of amidine groups is 1. The molecule has 2 aromatic rings. The molecule has 0 saturated heterocycles. The first kappa shape index (κ1) is 21.9. The number of rotatable bonds is 5. The SMILES string of the molecule is Cc1ccc(-c2cccc(Cl)c2)cc1.NN/N=C(\N)C(=O)NCCC(=O)O. The monoisotopic (exact) mass is 391 g/mol. The number of carbonyl (C=O) groups excluding carboxylic acids is 1. The molecule has 0 aliphatic rings. The van der Waals surface area contributed by atoms with E-state index in [-0.39, 0.29) is 18.8 Å². The number of nitrogens with zero attached hydrogens (tertiary/aromatic N) is 1. The summed E-state index contributed by atoms with van der Waals surface area (Å²) in [6.07, 6.45) is -0.172. The Morgan fingerprint density at radius 3 is 2.37 bits per heavy atom. The molecule has 0 radical (unpaired) electrons. The summed E-state index contributed by atoms with van der Waals surface area (Å²) in [5.41, 5.74) is 10.6. The summed E-state index contributed by atoms with van der Waals surface area (Å²) in [6.45, 7) is 2.08. The van der Waals surface area contributed by atoms with Crippen molar-refractivity contribution in [1.82, 2.24) is 10.9 Å². The number of aliphatic carboxylic acids is 1. The third-order valence-electron chi connectivity index (χ3n) is 3.25. The van der Waals surface area contributed by atoms with Gasteiger partial charge in [0.1, 0.15) is 0 Å². The van der Waals surface area contributed by atoms with Gasteiger partial charge in [0.15, 0.2) is 0 Å². The molecule has 0 saturated carbocycles. The smallest absolute Gasteiger partial charge is 0.305 e. The predicted octanol–water partition coefficient (Wildman–Crippen LogP) is 1.63. The van der Waals surface area contributed by atoms with E-state index in [1.807, 2.05) is 23.7 Å². The number of nitrogens with one attached hydrogen (secondary N) is 2. The molecule has 0 spiro atoms. The van der Waals surface area contributed by atoms with Gasteiger partial charge in [0.25, 0.3) is 5.91 Å². The van der Waals surface area contributed by atoms with Crippen LogP contribution in [0, 0.1) is 6.92 Å². The number of halogens is 1. The Bertz CT molecular complexity index is 794. The van der Waals surface area contributed by atoms with Crippen molar-refractivity contribution in [2.24, 2.45) is 16.7 Å². The van der Waals surface area contributed by atoms with Gasteiger partial charge in [0.05, 0.1) is 6.42 Å². The second-order valence-corrected chi connectivity index (χ2v) is 5.84. The zero-order chi connectivity index (χ0) is 20.2. The van der Waals surface area contributed by atoms with Crippen molar-refractivity contribution in [2.75, 3.05) is 6.54 Å². The molecule has 144 valence electrons. The molecule has 0 aliphatic carbocycles. The first-order valence-electron chi connectivity index (χ1n) is 7.95. The van der Waals surface area contributed by atoms with Crippen molar-refractivity contribution in [3.05, 3.63) is 59.1 Å². The van der Waals surface area contributed by atoms with E-state index < -0.39 is 11.9 Å². The topological polar surface area (TPSA) is 143 Å². The Kier molecular flexibility index (Phi) is 9.35. The molecule has 0 fully saturated rings. The summed E-state index contributed by atoms with van der Waals surface area (Å²) in [5.74, 6) is 2.72. The summed E-state index contributed by atoms with van der Waals surface area (Å²) in [5, 5.41) is 14.4. The van der Waals surface area contributed by atoms with Crippen molar-refractivity contribution in [3.8, 4) is 11.1 Å². The average molecular weight is 392 g/mol. The molecular formula is C18H22ClN5O3. The summed E-state index contributed by atoms with van der Waals surface area (Å²) in [6, 6.07) is 16.3. The van der Waals surface area contributed by atoms with Crippen LogP contribution in [0.1, 0.15) is 12.0 Å². The first-order valence-corrected chi connectivity index (χ1v) is 8.32. The maximum Gasteiger partial charge on any atom is 0.305 e. The van der Waals surface area contributed by atoms with Gasteiger partial charge < -0.3 is 16.2 Å². The number of hydrogen-bond acceptors (Lipinski definition) is 5. The van der Waals surface area contributed by atoms with E-state index in [9.17, 15) is 9.59 Å². The highest BCUT2D eigenvalue weighted by Crippen LogP contribution is 2.22. The number of carbonyl (C=O) groups is 2. The second-order valence-electron chi connectivity index (χ2n) is 5.40. The van der Waals surface area contributed by atoms with E-state index in [1.54, 1.807) is 0 Å². The number of hydrogen-bond donors (Lipinski definition) is 5. The molecule has 7 N–H and O–H groups in total. The van der Waals surface area contributed by atoms with Gasteiger partial charge in [-0.05, 0) is 30.2 Å². The van der Waals surface area contributed by atoms with Gasteiger partial charge in [0.2, 0.25) is 5.84 Å². The molecule has 1 amide bonds. The zero-order valence-electron chi connectivity index (χ0n) is 14.8. The van der Waals surface area contributed by atoms with E-state index in [0.29, 0.717) is 0 Å². The van der Waals surface area contributed by atoms with Gasteiger partial charge >= 0.3 is 5.97 Å². The van der Waals surface area contributed by atoms with Crippen LogP contribution in [0.25, 0.3) is 11.1 Å². The lowest BCUT2D eigenvalue weighted by molar-refractivity contribution is -0.136. The Morgan fingerprint density at radius 1 is 1.15 bits per heavy atom. The standard InChI is InChI=1S/C13H11Cl.C5H11N5O3/c1-10-5-7-11(8-6-10)12-3-2-4-13(14)9-12;6-4(9-10-7)5(13)8-2-1-3(11)12/h2-9H,1H3;10H,1-2,7H2,(H2,6,9)(H,8,13)(H,11,12). The molecule has 2 aromatic carbocycles. The van der Waals surface area contributed by atoms with Crippen molar-refractivity contribution in [3.63, 3.8) is 0 Å². The summed E-state index contributed by atoms with van der Waals surface area (Å²) >= 11 is 5.93. The number of hydrazine groups is 1. The van der Waals surface area contributed by atoms with Crippen LogP contribution in [0.15, 0.2) is 53.6 Å². The lowest BCUT2D eigenvalue weighted by atomic mass is 10.0. The lowest BCUT2D eigenvalue weighted by Gasteiger charge is -2.02. The maximum atomic E-state index is 10.9. The van der Waals surface area contributed by atoms with Crippen LogP contribution in [-0.2, 0) is 9.59 Å². The zero-order valence-corrected chi connectivity index (χ0v) is 15.5. The van der Waals surface area contributed by atoms with E-state index in [0.717, 1.165) is 10.6 Å². The summed E-state index contributed by atoms with van der Waals surface area (Å²) in [7, 11) is 0. The average Bonchev–Trinajstić information content (AvgIpc) is 2.62. The Labute approximate surface area is 162 Å². The Balaban J connectivity index is 0.000000271. The largest absolute Gasteiger partial charge is 0.481 e. The molecule has 0 bridgehead atoms. The lowest BCUT2D eigenvalue weighted by Crippen LogP contribution is -2.39. The van der Waals surface area contributed by atoms with Gasteiger partial charge in [0, 0.05) is 11.6 Å². The van der Waals surface area contributed by atoms with Crippen molar-refractivity contribution in [1.29, 1.82) is 0 Å². The fraction of sp³-hybridized carbons (Fsp3) is 0.167. The number of carboxylic acid groups (broad SMARTS) is 1. The van der Waals surface area contributed by atoms with Gasteiger partial charge in [-0.3, -0.25) is 9.59 Å². The van der Waals surface area contributed by atoms with E-state index in [1.165, 1.54) is 11.1 Å². The van der Waals surface area contributed by atoms with Gasteiger partial charge in [-0.2, -0.15) is 0 Å². The summed E-state index contributed by atoms with van der Waals surface area (Å²) < 4.78 is 0. The number of aryl methyl sites for hydroxylation is 1. The van der Waals surface area contributed by atoms with E-state index in [2.05, 4.69) is 47.7 Å². The third kappa shape index (κ3) is 8.70. The molecule has 8 nitrogen and oxygen atoms in total. The van der Waals surface area contributed by atoms with Crippen molar-refractivity contribution in [2.45, 2.75) is 13.3 Å². The molecule has 9 heteroatoms. The van der Waals surface area contributed by atoms with Gasteiger partial charge in [-0.25, -0.2) is 11.4 Å². The molecular weight excluding hydrogens is 370 g/mol. The fourth-order valence-corrected chi connectivity index (χ4v) is 2.10. The molecule has 0 heterocycles. The number of amides is 1. The Hall–Kier alpha value is -3.10. The summed E-state index contributed by atoms with van der Waals surface area (Å²) in [4.78, 5) is 20.9. The fourth-order valence-electron chi connectivity index (χ4n) is 1.91. The first-order chi connectivity index (χ1) is 12.8. The maximum absolute atomic E-state index is 10.9. The molecule has 27 heavy (non-hydrogen) atoms. The molecule has 2 rings (SSSR count). The van der Waals surface area contributed by atoms with Crippen LogP contribution in [-0.4, -0.2) is 29.4 Å². The van der Waals surface area contributed by atoms with E-state index >= 15 is 0 Å². The number of hydrazone groups is 1. The van der Waals surface area contributed by atoms with Crippen LogP contribution in [0.4, 0.5) is 0 Å². The molecule has 0 aromatic heterocycles. The van der Waals surface area contributed by atoms with Crippen molar-refractivity contribution >= 4 is 29.3 Å².